The highest BCUT2D eigenvalue weighted by Gasteiger charge is 2.37. The van der Waals surface area contributed by atoms with Crippen LogP contribution in [0.1, 0.15) is 29.2 Å². The van der Waals surface area contributed by atoms with Gasteiger partial charge in [0.15, 0.2) is 0 Å². The van der Waals surface area contributed by atoms with Crippen LogP contribution in [0.15, 0.2) is 24.3 Å². The van der Waals surface area contributed by atoms with Gasteiger partial charge in [0.2, 0.25) is 5.91 Å². The van der Waals surface area contributed by atoms with Gasteiger partial charge in [-0.1, -0.05) is 0 Å². The van der Waals surface area contributed by atoms with E-state index in [-0.39, 0.29) is 23.8 Å². The SMILES string of the molecule is Cc1nc2nc(C(F)(F)F)nn2c(C)c1CCC(=O)N1CCN(c2ccc([N+](=O)[O-])cc2)CC1. The molecule has 1 amide bonds. The number of carbonyl (C=O) groups excluding carboxylic acids is 1. The number of carbonyl (C=O) groups is 1. The number of non-ortho nitro benzene ring substituents is 1. The number of fused-ring (bicyclic) bond motifs is 1. The van der Waals surface area contributed by atoms with Crippen LogP contribution in [0.25, 0.3) is 5.78 Å². The molecule has 0 spiro atoms. The van der Waals surface area contributed by atoms with Gasteiger partial charge in [0.1, 0.15) is 0 Å². The van der Waals surface area contributed by atoms with Gasteiger partial charge in [0.25, 0.3) is 17.3 Å². The smallest absolute Gasteiger partial charge is 0.368 e. The van der Waals surface area contributed by atoms with Crippen LogP contribution in [0.4, 0.5) is 24.5 Å². The van der Waals surface area contributed by atoms with Gasteiger partial charge in [-0.2, -0.15) is 18.2 Å². The summed E-state index contributed by atoms with van der Waals surface area (Å²) in [5, 5.41) is 14.3. The van der Waals surface area contributed by atoms with Crippen molar-refractivity contribution >= 4 is 23.1 Å². The molecule has 1 fully saturated rings. The average molecular weight is 477 g/mol. The first-order chi connectivity index (χ1) is 16.0. The number of hydrogen-bond donors (Lipinski definition) is 0. The molecule has 180 valence electrons. The van der Waals surface area contributed by atoms with Gasteiger partial charge in [-0.25, -0.2) is 9.50 Å². The summed E-state index contributed by atoms with van der Waals surface area (Å²) in [6.07, 6.45) is -4.16. The molecule has 0 radical (unpaired) electrons. The third-order valence-electron chi connectivity index (χ3n) is 5.95. The molecule has 1 aromatic carbocycles. The lowest BCUT2D eigenvalue weighted by Crippen LogP contribution is -2.48. The minimum absolute atomic E-state index is 0.0244. The van der Waals surface area contributed by atoms with E-state index >= 15 is 0 Å². The Morgan fingerprint density at radius 3 is 2.32 bits per heavy atom. The van der Waals surface area contributed by atoms with Gasteiger partial charge in [-0.3, -0.25) is 14.9 Å². The zero-order chi connectivity index (χ0) is 24.6. The minimum Gasteiger partial charge on any atom is -0.368 e. The van der Waals surface area contributed by atoms with Gasteiger partial charge in [0, 0.05) is 61.8 Å². The quantitative estimate of drug-likeness (QED) is 0.410. The molecule has 4 rings (SSSR count). The van der Waals surface area contributed by atoms with E-state index in [1.807, 2.05) is 0 Å². The van der Waals surface area contributed by atoms with Crippen molar-refractivity contribution in [2.45, 2.75) is 32.9 Å². The number of anilines is 1. The van der Waals surface area contributed by atoms with Crippen LogP contribution in [0, 0.1) is 24.0 Å². The summed E-state index contributed by atoms with van der Waals surface area (Å²) in [5.41, 5.74) is 2.54. The van der Waals surface area contributed by atoms with Crippen molar-refractivity contribution in [3.05, 3.63) is 57.2 Å². The Hall–Kier alpha value is -3.77. The van der Waals surface area contributed by atoms with Gasteiger partial charge in [-0.05, 0) is 38.0 Å². The number of rotatable bonds is 5. The maximum atomic E-state index is 13.0. The fraction of sp³-hybridized carbons (Fsp3) is 0.429. The second kappa shape index (κ2) is 8.88. The maximum absolute atomic E-state index is 13.0. The number of nitro benzene ring substituents is 1. The van der Waals surface area contributed by atoms with Crippen molar-refractivity contribution in [1.29, 1.82) is 0 Å². The molecule has 1 saturated heterocycles. The van der Waals surface area contributed by atoms with Crippen LogP contribution in [0.3, 0.4) is 0 Å². The minimum atomic E-state index is -4.67. The molecule has 3 aromatic rings. The summed E-state index contributed by atoms with van der Waals surface area (Å²) >= 11 is 0. The molecule has 0 bridgehead atoms. The molecule has 0 unspecified atom stereocenters. The van der Waals surface area contributed by atoms with Crippen LogP contribution < -0.4 is 4.90 Å². The van der Waals surface area contributed by atoms with E-state index in [9.17, 15) is 28.1 Å². The van der Waals surface area contributed by atoms with Crippen LogP contribution >= 0.6 is 0 Å². The molecule has 0 aliphatic carbocycles. The van der Waals surface area contributed by atoms with E-state index in [2.05, 4.69) is 20.0 Å². The number of nitro groups is 1. The molecule has 2 aromatic heterocycles. The zero-order valence-corrected chi connectivity index (χ0v) is 18.5. The molecule has 3 heterocycles. The fourth-order valence-electron chi connectivity index (χ4n) is 4.08. The molecule has 0 atom stereocenters. The molecule has 10 nitrogen and oxygen atoms in total. The number of aromatic nitrogens is 4. The largest absolute Gasteiger partial charge is 0.453 e. The molecular formula is C21H22F3N7O3. The predicted molar refractivity (Wildman–Crippen MR) is 115 cm³/mol. The molecular weight excluding hydrogens is 455 g/mol. The Labute approximate surface area is 192 Å². The average Bonchev–Trinajstić information content (AvgIpc) is 3.24. The third kappa shape index (κ3) is 4.63. The van der Waals surface area contributed by atoms with Crippen molar-refractivity contribution in [2.24, 2.45) is 0 Å². The second-order valence-corrected chi connectivity index (χ2v) is 8.05. The van der Waals surface area contributed by atoms with Gasteiger partial charge < -0.3 is 9.80 Å². The van der Waals surface area contributed by atoms with E-state index in [1.165, 1.54) is 12.1 Å². The lowest BCUT2D eigenvalue weighted by molar-refractivity contribution is -0.384. The standard InChI is InChI=1S/C21H22F3N7O3/c1-13-17(14(2)30-20(25-13)26-19(27-30)21(22,23)24)7-8-18(32)29-11-9-28(10-12-29)15-3-5-16(6-4-15)31(33)34/h3-6H,7-12H2,1-2H3. The van der Waals surface area contributed by atoms with Crippen molar-refractivity contribution in [3.63, 3.8) is 0 Å². The highest BCUT2D eigenvalue weighted by Crippen LogP contribution is 2.27. The van der Waals surface area contributed by atoms with Crippen LogP contribution in [-0.2, 0) is 17.4 Å². The van der Waals surface area contributed by atoms with E-state index in [0.717, 1.165) is 10.2 Å². The number of benzene rings is 1. The summed E-state index contributed by atoms with van der Waals surface area (Å²) < 4.78 is 39.9. The number of piperazine rings is 1. The fourth-order valence-corrected chi connectivity index (χ4v) is 4.08. The number of alkyl halides is 3. The number of hydrogen-bond acceptors (Lipinski definition) is 7. The lowest BCUT2D eigenvalue weighted by Gasteiger charge is -2.36. The topological polar surface area (TPSA) is 110 Å². The summed E-state index contributed by atoms with van der Waals surface area (Å²) in [5.74, 6) is -1.43. The first-order valence-corrected chi connectivity index (χ1v) is 10.6. The number of halogens is 3. The predicted octanol–water partition coefficient (Wildman–Crippen LogP) is 2.95. The van der Waals surface area contributed by atoms with Gasteiger partial charge in [-0.15, -0.1) is 5.10 Å². The van der Waals surface area contributed by atoms with E-state index < -0.39 is 16.9 Å². The van der Waals surface area contributed by atoms with Crippen LogP contribution in [-0.4, -0.2) is 61.5 Å². The first kappa shape index (κ1) is 23.4. The van der Waals surface area contributed by atoms with E-state index in [4.69, 9.17) is 0 Å². The summed E-state index contributed by atoms with van der Waals surface area (Å²) in [6.45, 7) is 5.51. The van der Waals surface area contributed by atoms with Crippen molar-refractivity contribution < 1.29 is 22.9 Å². The van der Waals surface area contributed by atoms with Crippen LogP contribution in [0.5, 0.6) is 0 Å². The summed E-state index contributed by atoms with van der Waals surface area (Å²) in [6, 6.07) is 6.29. The zero-order valence-electron chi connectivity index (χ0n) is 18.5. The molecule has 1 aliphatic heterocycles. The van der Waals surface area contributed by atoms with Crippen LogP contribution in [0.2, 0.25) is 0 Å². The van der Waals surface area contributed by atoms with E-state index in [0.29, 0.717) is 49.6 Å². The highest BCUT2D eigenvalue weighted by molar-refractivity contribution is 5.77. The first-order valence-electron chi connectivity index (χ1n) is 10.6. The molecule has 1 aliphatic rings. The Bertz CT molecular complexity index is 1230. The van der Waals surface area contributed by atoms with Gasteiger partial charge in [0.05, 0.1) is 4.92 Å². The Balaban J connectivity index is 1.38. The highest BCUT2D eigenvalue weighted by atomic mass is 19.4. The van der Waals surface area contributed by atoms with Crippen molar-refractivity contribution in [3.8, 4) is 0 Å². The number of aryl methyl sites for hydroxylation is 2. The lowest BCUT2D eigenvalue weighted by atomic mass is 10.1. The number of amides is 1. The Morgan fingerprint density at radius 2 is 1.74 bits per heavy atom. The molecule has 13 heteroatoms. The molecule has 0 saturated carbocycles. The summed E-state index contributed by atoms with van der Waals surface area (Å²) in [7, 11) is 0. The van der Waals surface area contributed by atoms with Gasteiger partial charge >= 0.3 is 6.18 Å². The Morgan fingerprint density at radius 1 is 1.09 bits per heavy atom. The van der Waals surface area contributed by atoms with Crippen molar-refractivity contribution in [1.82, 2.24) is 24.5 Å². The molecule has 34 heavy (non-hydrogen) atoms. The maximum Gasteiger partial charge on any atom is 0.453 e. The second-order valence-electron chi connectivity index (χ2n) is 8.05. The summed E-state index contributed by atoms with van der Waals surface area (Å²) in [4.78, 5) is 34.5. The van der Waals surface area contributed by atoms with Crippen molar-refractivity contribution in [2.75, 3.05) is 31.1 Å². The number of nitrogens with zero attached hydrogens (tertiary/aromatic N) is 7. The molecule has 0 N–H and O–H groups in total. The third-order valence-corrected chi connectivity index (χ3v) is 5.95. The monoisotopic (exact) mass is 477 g/mol. The normalized spacial score (nSPS) is 14.6. The van der Waals surface area contributed by atoms with E-state index in [1.54, 1.807) is 30.9 Å². The Kier molecular flexibility index (Phi) is 6.11.